The van der Waals surface area contributed by atoms with Gasteiger partial charge in [-0.15, -0.1) is 0 Å². The second-order valence-corrected chi connectivity index (χ2v) is 6.52. The molecule has 0 aliphatic carbocycles. The number of hydrogen-bond acceptors (Lipinski definition) is 9. The number of ether oxygens (including phenoxy) is 3. The van der Waals surface area contributed by atoms with Crippen molar-refractivity contribution >= 4 is 23.3 Å². The molecule has 2 rings (SSSR count). The zero-order chi connectivity index (χ0) is 21.6. The molecule has 1 aromatic rings. The number of esters is 2. The van der Waals surface area contributed by atoms with Gasteiger partial charge in [-0.1, -0.05) is 12.1 Å². The summed E-state index contributed by atoms with van der Waals surface area (Å²) in [5.74, 6) is -2.41. The smallest absolute Gasteiger partial charge is 0.355 e. The topological polar surface area (TPSA) is 129 Å². The molecule has 1 unspecified atom stereocenters. The van der Waals surface area contributed by atoms with Crippen molar-refractivity contribution in [3.63, 3.8) is 0 Å². The molecule has 1 atom stereocenters. The van der Waals surface area contributed by atoms with Crippen LogP contribution in [0, 0.1) is 10.1 Å². The summed E-state index contributed by atoms with van der Waals surface area (Å²) in [6.07, 6.45) is -0.417. The average molecular weight is 405 g/mol. The van der Waals surface area contributed by atoms with Crippen LogP contribution >= 0.6 is 0 Å². The number of nitro benzene ring substituents is 1. The van der Waals surface area contributed by atoms with Gasteiger partial charge in [0.05, 0.1) is 29.1 Å². The van der Waals surface area contributed by atoms with Gasteiger partial charge in [0.1, 0.15) is 6.61 Å². The lowest BCUT2D eigenvalue weighted by atomic mass is 9.84. The summed E-state index contributed by atoms with van der Waals surface area (Å²) >= 11 is 0. The molecule has 0 bridgehead atoms. The largest absolute Gasteiger partial charge is 0.460 e. The quantitative estimate of drug-likeness (QED) is 0.301. The molecule has 10 nitrogen and oxygen atoms in total. The highest BCUT2D eigenvalue weighted by molar-refractivity contribution is 6.40. The van der Waals surface area contributed by atoms with Crippen molar-refractivity contribution in [2.24, 2.45) is 5.10 Å². The first-order chi connectivity index (χ1) is 13.8. The Hall–Kier alpha value is -3.27. The number of nitrogens with zero attached hydrogens (tertiary/aromatic N) is 2. The Kier molecular flexibility index (Phi) is 7.43. The van der Waals surface area contributed by atoms with Crippen LogP contribution in [0.3, 0.4) is 0 Å². The number of hydrazone groups is 1. The van der Waals surface area contributed by atoms with Crippen LogP contribution in [0.15, 0.2) is 40.6 Å². The predicted molar refractivity (Wildman–Crippen MR) is 103 cm³/mol. The van der Waals surface area contributed by atoms with E-state index >= 15 is 0 Å². The van der Waals surface area contributed by atoms with Crippen LogP contribution in [0.4, 0.5) is 5.69 Å². The molecule has 1 aliphatic rings. The molecule has 1 aromatic carbocycles. The van der Waals surface area contributed by atoms with Crippen LogP contribution in [-0.2, 0) is 23.8 Å². The molecule has 0 saturated carbocycles. The minimum Gasteiger partial charge on any atom is -0.460 e. The number of carbonyl (C=O) groups is 2. The fourth-order valence-electron chi connectivity index (χ4n) is 2.77. The van der Waals surface area contributed by atoms with Crippen molar-refractivity contribution < 1.29 is 28.7 Å². The van der Waals surface area contributed by atoms with Crippen molar-refractivity contribution in [2.75, 3.05) is 20.3 Å². The monoisotopic (exact) mass is 405 g/mol. The summed E-state index contributed by atoms with van der Waals surface area (Å²) in [4.78, 5) is 36.0. The molecule has 0 fully saturated rings. The summed E-state index contributed by atoms with van der Waals surface area (Å²) < 4.78 is 15.4. The maximum atomic E-state index is 12.8. The van der Waals surface area contributed by atoms with E-state index in [0.29, 0.717) is 11.3 Å². The van der Waals surface area contributed by atoms with E-state index in [2.05, 4.69) is 10.5 Å². The molecule has 0 amide bonds. The molecule has 0 spiro atoms. The number of rotatable bonds is 8. The normalized spacial score (nSPS) is 16.2. The first-order valence-electron chi connectivity index (χ1n) is 8.92. The number of benzene rings is 1. The van der Waals surface area contributed by atoms with Gasteiger partial charge in [-0.3, -0.25) is 15.5 Å². The van der Waals surface area contributed by atoms with Crippen LogP contribution in [-0.4, -0.2) is 49.0 Å². The van der Waals surface area contributed by atoms with E-state index in [1.165, 1.54) is 25.3 Å². The molecule has 0 aromatic heterocycles. The number of methoxy groups -OCH3 is 1. The Labute approximate surface area is 167 Å². The van der Waals surface area contributed by atoms with Crippen molar-refractivity contribution in [3.05, 3.63) is 51.2 Å². The summed E-state index contributed by atoms with van der Waals surface area (Å²) in [5.41, 5.74) is 3.20. The Morgan fingerprint density at radius 1 is 1.28 bits per heavy atom. The van der Waals surface area contributed by atoms with E-state index in [0.717, 1.165) is 0 Å². The summed E-state index contributed by atoms with van der Waals surface area (Å²) in [5, 5.41) is 15.3. The van der Waals surface area contributed by atoms with E-state index in [1.54, 1.807) is 26.8 Å². The van der Waals surface area contributed by atoms with Gasteiger partial charge >= 0.3 is 11.9 Å². The van der Waals surface area contributed by atoms with E-state index in [1.807, 2.05) is 0 Å². The molecule has 0 radical (unpaired) electrons. The summed E-state index contributed by atoms with van der Waals surface area (Å²) in [7, 11) is 1.47. The molecule has 29 heavy (non-hydrogen) atoms. The molecule has 1 heterocycles. The molecular weight excluding hydrogens is 382 g/mol. The number of nitro groups is 1. The Balaban J connectivity index is 2.52. The minimum atomic E-state index is -0.988. The molecule has 1 aliphatic heterocycles. The van der Waals surface area contributed by atoms with Gasteiger partial charge in [-0.25, -0.2) is 9.59 Å². The number of allylic oxidation sites excluding steroid dienone is 1. The maximum absolute atomic E-state index is 12.8. The Morgan fingerprint density at radius 3 is 2.62 bits per heavy atom. The predicted octanol–water partition coefficient (Wildman–Crippen LogP) is 2.05. The van der Waals surface area contributed by atoms with Gasteiger partial charge in [0.15, 0.2) is 5.71 Å². The summed E-state index contributed by atoms with van der Waals surface area (Å²) in [6, 6.07) is 5.67. The molecule has 0 saturated heterocycles. The van der Waals surface area contributed by atoms with E-state index < -0.39 is 28.9 Å². The van der Waals surface area contributed by atoms with Crippen LogP contribution in [0.2, 0.25) is 0 Å². The second-order valence-electron chi connectivity index (χ2n) is 6.52. The third-order valence-electron chi connectivity index (χ3n) is 4.02. The highest BCUT2D eigenvalue weighted by Crippen LogP contribution is 2.33. The van der Waals surface area contributed by atoms with Gasteiger partial charge in [0.2, 0.25) is 0 Å². The van der Waals surface area contributed by atoms with Crippen LogP contribution < -0.4 is 5.43 Å². The number of nitrogens with one attached hydrogen (secondary N) is 1. The lowest BCUT2D eigenvalue weighted by molar-refractivity contribution is -0.384. The first kappa shape index (κ1) is 22.0. The number of carbonyl (C=O) groups excluding carboxylic acids is 2. The van der Waals surface area contributed by atoms with Crippen LogP contribution in [0.1, 0.15) is 32.3 Å². The van der Waals surface area contributed by atoms with E-state index in [-0.39, 0.29) is 30.2 Å². The SMILES string of the molecule is COCCOC(=O)C1=C(C)NN=C(C(=O)OC(C)C)C1c1cccc([N+](=O)[O-])c1. The van der Waals surface area contributed by atoms with E-state index in [4.69, 9.17) is 14.2 Å². The zero-order valence-corrected chi connectivity index (χ0v) is 16.6. The van der Waals surface area contributed by atoms with Gasteiger partial charge < -0.3 is 14.2 Å². The third kappa shape index (κ3) is 5.38. The second kappa shape index (κ2) is 9.78. The summed E-state index contributed by atoms with van der Waals surface area (Å²) in [6.45, 7) is 5.17. The van der Waals surface area contributed by atoms with Gasteiger partial charge in [-0.2, -0.15) is 5.10 Å². The van der Waals surface area contributed by atoms with Crippen molar-refractivity contribution in [1.82, 2.24) is 5.43 Å². The van der Waals surface area contributed by atoms with Gasteiger partial charge in [0.25, 0.3) is 5.69 Å². The van der Waals surface area contributed by atoms with Crippen molar-refractivity contribution in [2.45, 2.75) is 32.8 Å². The fourth-order valence-corrected chi connectivity index (χ4v) is 2.77. The van der Waals surface area contributed by atoms with Crippen molar-refractivity contribution in [1.29, 1.82) is 0 Å². The van der Waals surface area contributed by atoms with Crippen LogP contribution in [0.5, 0.6) is 0 Å². The third-order valence-corrected chi connectivity index (χ3v) is 4.02. The van der Waals surface area contributed by atoms with E-state index in [9.17, 15) is 19.7 Å². The number of non-ortho nitro benzene ring substituents is 1. The molecule has 10 heteroatoms. The van der Waals surface area contributed by atoms with Gasteiger partial charge in [0, 0.05) is 24.9 Å². The Bertz CT molecular complexity index is 861. The Morgan fingerprint density at radius 2 is 2.00 bits per heavy atom. The lowest BCUT2D eigenvalue weighted by Crippen LogP contribution is -2.37. The number of hydrogen-bond donors (Lipinski definition) is 1. The maximum Gasteiger partial charge on any atom is 0.355 e. The van der Waals surface area contributed by atoms with Crippen molar-refractivity contribution in [3.8, 4) is 0 Å². The highest BCUT2D eigenvalue weighted by Gasteiger charge is 2.38. The standard InChI is InChI=1S/C19H23N3O7/c1-11(2)29-19(24)17-16(13-6-5-7-14(10-13)22(25)26)15(12(3)20-21-17)18(23)28-9-8-27-4/h5-7,10-11,16,20H,8-9H2,1-4H3. The fraction of sp³-hybridized carbons (Fsp3) is 0.421. The lowest BCUT2D eigenvalue weighted by Gasteiger charge is -2.26. The first-order valence-corrected chi connectivity index (χ1v) is 8.92. The molecular formula is C19H23N3O7. The molecule has 1 N–H and O–H groups in total. The highest BCUT2D eigenvalue weighted by atomic mass is 16.6. The van der Waals surface area contributed by atoms with Crippen LogP contribution in [0.25, 0.3) is 0 Å². The molecule has 156 valence electrons. The average Bonchev–Trinajstić information content (AvgIpc) is 2.67. The zero-order valence-electron chi connectivity index (χ0n) is 16.6. The minimum absolute atomic E-state index is 0.0106. The van der Waals surface area contributed by atoms with Gasteiger partial charge in [-0.05, 0) is 26.3 Å².